The van der Waals surface area contributed by atoms with Gasteiger partial charge in [0.25, 0.3) is 0 Å². The van der Waals surface area contributed by atoms with Crippen LogP contribution in [0.2, 0.25) is 0 Å². The van der Waals surface area contributed by atoms with E-state index >= 15 is 0 Å². The number of carbonyl (C=O) groups excluding carboxylic acids is 2. The second kappa shape index (κ2) is 9.84. The van der Waals surface area contributed by atoms with E-state index in [1.165, 1.54) is 11.3 Å². The van der Waals surface area contributed by atoms with Crippen molar-refractivity contribution in [1.29, 1.82) is 0 Å². The van der Waals surface area contributed by atoms with Crippen molar-refractivity contribution in [2.24, 2.45) is 0 Å². The predicted molar refractivity (Wildman–Crippen MR) is 118 cm³/mol. The first-order valence-electron chi connectivity index (χ1n) is 9.59. The fourth-order valence-corrected chi connectivity index (χ4v) is 4.72. The quantitative estimate of drug-likeness (QED) is 0.620. The summed E-state index contributed by atoms with van der Waals surface area (Å²) in [5.74, 6) is -0.586. The first-order chi connectivity index (χ1) is 13.9. The van der Waals surface area contributed by atoms with Crippen molar-refractivity contribution in [2.75, 3.05) is 31.6 Å². The lowest BCUT2D eigenvalue weighted by Gasteiger charge is -2.34. The average Bonchev–Trinajstić information content (AvgIpc) is 3.05. The average molecular weight is 481 g/mol. The Morgan fingerprint density at radius 2 is 1.90 bits per heavy atom. The van der Waals surface area contributed by atoms with E-state index in [0.717, 1.165) is 15.6 Å². The number of hydrogen-bond donors (Lipinski definition) is 1. The van der Waals surface area contributed by atoms with Gasteiger partial charge < -0.3 is 14.8 Å². The molecule has 2 aromatic rings. The Morgan fingerprint density at radius 1 is 1.24 bits per heavy atom. The van der Waals surface area contributed by atoms with E-state index in [2.05, 4.69) is 26.1 Å². The number of ether oxygens (including phenoxy) is 2. The minimum absolute atomic E-state index is 0.0902. The van der Waals surface area contributed by atoms with Crippen LogP contribution in [0, 0.1) is 0 Å². The summed E-state index contributed by atoms with van der Waals surface area (Å²) in [6.07, 6.45) is 0.180. The Kier molecular flexibility index (Phi) is 7.45. The highest BCUT2D eigenvalue weighted by molar-refractivity contribution is 9.10. The van der Waals surface area contributed by atoms with Crippen molar-refractivity contribution in [2.45, 2.75) is 33.0 Å². The van der Waals surface area contributed by atoms with Crippen molar-refractivity contribution in [3.63, 3.8) is 0 Å². The van der Waals surface area contributed by atoms with Gasteiger partial charge in [-0.15, -0.1) is 11.3 Å². The maximum absolute atomic E-state index is 12.7. The summed E-state index contributed by atoms with van der Waals surface area (Å²) in [5.41, 5.74) is 2.05. The van der Waals surface area contributed by atoms with Gasteiger partial charge >= 0.3 is 5.97 Å². The van der Waals surface area contributed by atoms with Gasteiger partial charge in [0.2, 0.25) is 5.91 Å². The highest BCUT2D eigenvalue weighted by atomic mass is 79.9. The number of anilines is 1. The number of halogens is 1. The fraction of sp³-hybridized carbons (Fsp3) is 0.429. The van der Waals surface area contributed by atoms with Crippen molar-refractivity contribution in [3.05, 3.63) is 39.7 Å². The molecule has 3 rings (SSSR count). The molecule has 1 aromatic heterocycles. The van der Waals surface area contributed by atoms with E-state index in [1.807, 2.05) is 43.5 Å². The smallest absolute Gasteiger partial charge is 0.341 e. The van der Waals surface area contributed by atoms with E-state index in [0.29, 0.717) is 23.7 Å². The Hall–Kier alpha value is -1.74. The van der Waals surface area contributed by atoms with Crippen LogP contribution < -0.4 is 5.32 Å². The number of nitrogens with zero attached hydrogens (tertiary/aromatic N) is 1. The molecule has 1 aromatic carbocycles. The maximum atomic E-state index is 12.7. The molecule has 1 fully saturated rings. The molecule has 0 unspecified atom stereocenters. The molecule has 156 valence electrons. The van der Waals surface area contributed by atoms with Crippen molar-refractivity contribution < 1.29 is 19.1 Å². The minimum Gasteiger partial charge on any atom is -0.462 e. The number of carbonyl (C=O) groups is 2. The van der Waals surface area contributed by atoms with Gasteiger partial charge in [-0.25, -0.2) is 4.79 Å². The lowest BCUT2D eigenvalue weighted by atomic mass is 10.0. The zero-order valence-corrected chi connectivity index (χ0v) is 19.1. The van der Waals surface area contributed by atoms with Crippen LogP contribution in [0.3, 0.4) is 0 Å². The molecule has 29 heavy (non-hydrogen) atoms. The Bertz CT molecular complexity index is 858. The van der Waals surface area contributed by atoms with Gasteiger partial charge in [0.05, 0.1) is 25.4 Å². The van der Waals surface area contributed by atoms with Crippen LogP contribution >= 0.6 is 27.3 Å². The lowest BCUT2D eigenvalue weighted by molar-refractivity contribution is -0.121. The van der Waals surface area contributed by atoms with E-state index in [9.17, 15) is 9.59 Å². The first kappa shape index (κ1) is 22.0. The zero-order valence-electron chi connectivity index (χ0n) is 16.7. The van der Waals surface area contributed by atoms with Gasteiger partial charge in [-0.3, -0.25) is 9.69 Å². The number of thiophene rings is 1. The molecule has 8 heteroatoms. The van der Waals surface area contributed by atoms with E-state index < -0.39 is 5.97 Å². The SMILES string of the molecule is CCOC(=O)c1c(-c2ccc(Br)cc2)csc1NC(=O)CN1C[C@@H](C)O[C@H](C)C1. The molecule has 1 aliphatic rings. The number of hydrogen-bond acceptors (Lipinski definition) is 6. The molecular weight excluding hydrogens is 456 g/mol. The third kappa shape index (κ3) is 5.66. The molecule has 1 aliphatic heterocycles. The highest BCUT2D eigenvalue weighted by Gasteiger charge is 2.26. The Labute approximate surface area is 183 Å². The number of nitrogens with one attached hydrogen (secondary N) is 1. The predicted octanol–water partition coefficient (Wildman–Crippen LogP) is 4.40. The molecular formula is C21H25BrN2O4S. The molecule has 1 N–H and O–H groups in total. The number of morpholine rings is 1. The second-order valence-electron chi connectivity index (χ2n) is 7.08. The number of esters is 1. The molecule has 0 bridgehead atoms. The summed E-state index contributed by atoms with van der Waals surface area (Å²) in [5, 5.41) is 5.31. The fourth-order valence-electron chi connectivity index (χ4n) is 3.48. The lowest BCUT2D eigenvalue weighted by Crippen LogP contribution is -2.48. The number of rotatable bonds is 6. The summed E-state index contributed by atoms with van der Waals surface area (Å²) in [4.78, 5) is 27.4. The minimum atomic E-state index is -0.435. The van der Waals surface area contributed by atoms with Crippen LogP contribution in [0.25, 0.3) is 11.1 Å². The van der Waals surface area contributed by atoms with Crippen LogP contribution in [-0.4, -0.2) is 55.2 Å². The zero-order chi connectivity index (χ0) is 21.0. The third-order valence-electron chi connectivity index (χ3n) is 4.54. The standard InChI is InChI=1S/C21H25BrN2O4S/c1-4-27-21(26)19-17(15-5-7-16(22)8-6-15)12-29-20(19)23-18(25)11-24-9-13(2)28-14(3)10-24/h5-8,12-14H,4,9-11H2,1-3H3,(H,23,25)/t13-,14-/m1/s1. The molecule has 0 aliphatic carbocycles. The van der Waals surface area contributed by atoms with E-state index in [-0.39, 0.29) is 31.3 Å². The molecule has 2 heterocycles. The van der Waals surface area contributed by atoms with Crippen LogP contribution in [0.1, 0.15) is 31.1 Å². The van der Waals surface area contributed by atoms with Crippen molar-refractivity contribution >= 4 is 44.1 Å². The third-order valence-corrected chi connectivity index (χ3v) is 5.97. The summed E-state index contributed by atoms with van der Waals surface area (Å²) >= 11 is 4.76. The van der Waals surface area contributed by atoms with Crippen LogP contribution in [0.15, 0.2) is 34.1 Å². The van der Waals surface area contributed by atoms with Crippen LogP contribution in [0.4, 0.5) is 5.00 Å². The summed E-state index contributed by atoms with van der Waals surface area (Å²) in [6.45, 7) is 7.71. The van der Waals surface area contributed by atoms with Gasteiger partial charge in [0.1, 0.15) is 10.6 Å². The maximum Gasteiger partial charge on any atom is 0.341 e. The van der Waals surface area contributed by atoms with Gasteiger partial charge in [-0.2, -0.15) is 0 Å². The van der Waals surface area contributed by atoms with Gasteiger partial charge in [-0.1, -0.05) is 28.1 Å². The molecule has 0 saturated carbocycles. The highest BCUT2D eigenvalue weighted by Crippen LogP contribution is 2.36. The molecule has 2 atom stereocenters. The molecule has 1 saturated heterocycles. The Morgan fingerprint density at radius 3 is 2.52 bits per heavy atom. The summed E-state index contributed by atoms with van der Waals surface area (Å²) in [7, 11) is 0. The van der Waals surface area contributed by atoms with Crippen molar-refractivity contribution in [1.82, 2.24) is 4.90 Å². The normalized spacial score (nSPS) is 19.7. The largest absolute Gasteiger partial charge is 0.462 e. The number of benzene rings is 1. The molecule has 0 spiro atoms. The van der Waals surface area contributed by atoms with Crippen LogP contribution in [0.5, 0.6) is 0 Å². The topological polar surface area (TPSA) is 67.9 Å². The van der Waals surface area contributed by atoms with Gasteiger partial charge in [0, 0.05) is 28.5 Å². The Balaban J connectivity index is 1.80. The number of amides is 1. The summed E-state index contributed by atoms with van der Waals surface area (Å²) in [6, 6.07) is 7.69. The first-order valence-corrected chi connectivity index (χ1v) is 11.3. The van der Waals surface area contributed by atoms with E-state index in [4.69, 9.17) is 9.47 Å². The molecule has 1 amide bonds. The molecule has 0 radical (unpaired) electrons. The second-order valence-corrected chi connectivity index (χ2v) is 8.88. The molecule has 6 nitrogen and oxygen atoms in total. The van der Waals surface area contributed by atoms with Crippen LogP contribution in [-0.2, 0) is 14.3 Å². The van der Waals surface area contributed by atoms with Gasteiger partial charge in [0.15, 0.2) is 0 Å². The van der Waals surface area contributed by atoms with E-state index in [1.54, 1.807) is 6.92 Å². The van der Waals surface area contributed by atoms with Gasteiger partial charge in [-0.05, 0) is 38.5 Å². The summed E-state index contributed by atoms with van der Waals surface area (Å²) < 4.78 is 11.9. The monoisotopic (exact) mass is 480 g/mol. The van der Waals surface area contributed by atoms with Crippen molar-refractivity contribution in [3.8, 4) is 11.1 Å².